The second-order valence-electron chi connectivity index (χ2n) is 8.83. The molecule has 0 fully saturated rings. The van der Waals surface area contributed by atoms with Crippen molar-refractivity contribution >= 4 is 40.9 Å². The highest BCUT2D eigenvalue weighted by atomic mass is 32.2. The summed E-state index contributed by atoms with van der Waals surface area (Å²) in [6.07, 6.45) is 1.53. The fourth-order valence-corrected chi connectivity index (χ4v) is 5.03. The van der Waals surface area contributed by atoms with Crippen molar-refractivity contribution in [3.8, 4) is 5.75 Å². The molecule has 0 bridgehead atoms. The first-order chi connectivity index (χ1) is 19.0. The largest absolute Gasteiger partial charge is 0.497 e. The maximum absolute atomic E-state index is 13.4. The first-order valence-corrected chi connectivity index (χ1v) is 13.4. The SMILES string of the molecule is COCCCN1C(=O)C(Nc2ccc(OC)cc2)=C(Sc2cccc(NC(=O)CCc3ccccc3)c2)C1=O. The number of carbonyl (C=O) groups excluding carboxylic acids is 3. The van der Waals surface area contributed by atoms with E-state index in [9.17, 15) is 14.4 Å². The molecule has 3 aromatic carbocycles. The minimum atomic E-state index is -0.389. The van der Waals surface area contributed by atoms with Gasteiger partial charge in [0.05, 0.1) is 7.11 Å². The zero-order chi connectivity index (χ0) is 27.6. The number of aryl methyl sites for hydroxylation is 1. The summed E-state index contributed by atoms with van der Waals surface area (Å²) in [6.45, 7) is 0.688. The number of imide groups is 1. The van der Waals surface area contributed by atoms with E-state index in [2.05, 4.69) is 10.6 Å². The highest BCUT2D eigenvalue weighted by Crippen LogP contribution is 2.37. The predicted molar refractivity (Wildman–Crippen MR) is 153 cm³/mol. The van der Waals surface area contributed by atoms with Crippen molar-refractivity contribution < 1.29 is 23.9 Å². The quantitative estimate of drug-likeness (QED) is 0.228. The first-order valence-electron chi connectivity index (χ1n) is 12.6. The molecule has 0 spiro atoms. The Balaban J connectivity index is 1.50. The third-order valence-corrected chi connectivity index (χ3v) is 7.11. The number of thioether (sulfide) groups is 1. The average molecular weight is 546 g/mol. The molecule has 1 aliphatic rings. The third-order valence-electron chi connectivity index (χ3n) is 6.04. The highest BCUT2D eigenvalue weighted by Gasteiger charge is 2.38. The molecule has 0 saturated carbocycles. The van der Waals surface area contributed by atoms with Crippen LogP contribution in [0.2, 0.25) is 0 Å². The lowest BCUT2D eigenvalue weighted by molar-refractivity contribution is -0.137. The van der Waals surface area contributed by atoms with E-state index in [-0.39, 0.29) is 30.0 Å². The maximum Gasteiger partial charge on any atom is 0.278 e. The van der Waals surface area contributed by atoms with E-state index in [4.69, 9.17) is 9.47 Å². The van der Waals surface area contributed by atoms with E-state index in [1.807, 2.05) is 42.5 Å². The number of benzene rings is 3. The molecule has 3 amide bonds. The third kappa shape index (κ3) is 7.49. The van der Waals surface area contributed by atoms with Crippen LogP contribution >= 0.6 is 11.8 Å². The molecule has 0 aliphatic carbocycles. The standard InChI is InChI=1S/C30H31N3O5S/c1-37-19-7-18-33-29(35)27(32-22-13-15-24(38-2)16-14-22)28(30(33)36)39-25-11-6-10-23(20-25)31-26(34)17-12-21-8-4-3-5-9-21/h3-6,8-11,13-16,20,32H,7,12,17-19H2,1-2H3,(H,31,34). The minimum Gasteiger partial charge on any atom is -0.497 e. The molecule has 0 radical (unpaired) electrons. The van der Waals surface area contributed by atoms with Crippen LogP contribution in [-0.2, 0) is 25.5 Å². The van der Waals surface area contributed by atoms with Gasteiger partial charge in [0.1, 0.15) is 16.4 Å². The lowest BCUT2D eigenvalue weighted by Gasteiger charge is -2.14. The van der Waals surface area contributed by atoms with Crippen LogP contribution in [-0.4, -0.2) is 50.0 Å². The smallest absolute Gasteiger partial charge is 0.278 e. The van der Waals surface area contributed by atoms with Crippen LogP contribution in [0, 0.1) is 0 Å². The zero-order valence-electron chi connectivity index (χ0n) is 21.9. The molecule has 1 heterocycles. The van der Waals surface area contributed by atoms with E-state index in [1.165, 1.54) is 16.7 Å². The highest BCUT2D eigenvalue weighted by molar-refractivity contribution is 8.04. The van der Waals surface area contributed by atoms with Gasteiger partial charge in [0.15, 0.2) is 0 Å². The number of ether oxygens (including phenoxy) is 2. The van der Waals surface area contributed by atoms with Gasteiger partial charge in [0.2, 0.25) is 5.91 Å². The molecular formula is C30H31N3O5S. The van der Waals surface area contributed by atoms with Gasteiger partial charge in [0, 0.05) is 43.0 Å². The molecule has 9 heteroatoms. The Bertz CT molecular complexity index is 1340. The van der Waals surface area contributed by atoms with E-state index >= 15 is 0 Å². The Kier molecular flexibility index (Phi) is 9.77. The van der Waals surface area contributed by atoms with E-state index in [1.54, 1.807) is 50.6 Å². The number of carbonyl (C=O) groups is 3. The molecule has 2 N–H and O–H groups in total. The maximum atomic E-state index is 13.4. The normalized spacial score (nSPS) is 13.1. The number of hydrogen-bond donors (Lipinski definition) is 2. The minimum absolute atomic E-state index is 0.0986. The van der Waals surface area contributed by atoms with Gasteiger partial charge >= 0.3 is 0 Å². The summed E-state index contributed by atoms with van der Waals surface area (Å²) >= 11 is 1.19. The first kappa shape index (κ1) is 27.9. The van der Waals surface area contributed by atoms with E-state index in [0.717, 1.165) is 10.5 Å². The van der Waals surface area contributed by atoms with Crippen LogP contribution in [0.4, 0.5) is 11.4 Å². The molecule has 0 saturated heterocycles. The van der Waals surface area contributed by atoms with Crippen LogP contribution in [0.15, 0.2) is 94.4 Å². The molecule has 0 aromatic heterocycles. The second-order valence-corrected chi connectivity index (χ2v) is 9.91. The second kappa shape index (κ2) is 13.6. The number of hydrogen-bond acceptors (Lipinski definition) is 7. The van der Waals surface area contributed by atoms with Crippen LogP contribution in [0.25, 0.3) is 0 Å². The van der Waals surface area contributed by atoms with Gasteiger partial charge in [-0.25, -0.2) is 0 Å². The Morgan fingerprint density at radius 1 is 0.897 bits per heavy atom. The van der Waals surface area contributed by atoms with E-state index in [0.29, 0.717) is 47.9 Å². The van der Waals surface area contributed by atoms with Crippen molar-refractivity contribution in [1.29, 1.82) is 0 Å². The zero-order valence-corrected chi connectivity index (χ0v) is 22.8. The molecule has 4 rings (SSSR count). The Morgan fingerprint density at radius 3 is 2.38 bits per heavy atom. The topological polar surface area (TPSA) is 97.0 Å². The van der Waals surface area contributed by atoms with Crippen LogP contribution in [0.3, 0.4) is 0 Å². The summed E-state index contributed by atoms with van der Waals surface area (Å²) in [4.78, 5) is 41.4. The molecule has 8 nitrogen and oxygen atoms in total. The number of methoxy groups -OCH3 is 2. The lowest BCUT2D eigenvalue weighted by atomic mass is 10.1. The van der Waals surface area contributed by atoms with Gasteiger partial charge < -0.3 is 20.1 Å². The molecule has 202 valence electrons. The molecule has 0 atom stereocenters. The fourth-order valence-electron chi connectivity index (χ4n) is 4.03. The van der Waals surface area contributed by atoms with Gasteiger partial charge in [-0.05, 0) is 60.9 Å². The van der Waals surface area contributed by atoms with Gasteiger partial charge in [-0.3, -0.25) is 19.3 Å². The van der Waals surface area contributed by atoms with Crippen LogP contribution in [0.1, 0.15) is 18.4 Å². The summed E-state index contributed by atoms with van der Waals surface area (Å²) in [6, 6.07) is 24.2. The molecule has 39 heavy (non-hydrogen) atoms. The summed E-state index contributed by atoms with van der Waals surface area (Å²) in [7, 11) is 3.16. The molecule has 1 aliphatic heterocycles. The van der Waals surface area contributed by atoms with Gasteiger partial charge in [0.25, 0.3) is 11.8 Å². The van der Waals surface area contributed by atoms with Crippen molar-refractivity contribution in [2.75, 3.05) is 38.0 Å². The number of rotatable bonds is 13. The monoisotopic (exact) mass is 545 g/mol. The predicted octanol–water partition coefficient (Wildman–Crippen LogP) is 5.09. The number of nitrogens with one attached hydrogen (secondary N) is 2. The fraction of sp³-hybridized carbons (Fsp3) is 0.233. The van der Waals surface area contributed by atoms with Gasteiger partial charge in [-0.2, -0.15) is 0 Å². The number of amides is 3. The summed E-state index contributed by atoms with van der Waals surface area (Å²) in [5, 5.41) is 6.06. The van der Waals surface area contributed by atoms with Crippen molar-refractivity contribution in [1.82, 2.24) is 4.90 Å². The van der Waals surface area contributed by atoms with E-state index < -0.39 is 0 Å². The Morgan fingerprint density at radius 2 is 1.67 bits per heavy atom. The van der Waals surface area contributed by atoms with Crippen LogP contribution in [0.5, 0.6) is 5.75 Å². The summed E-state index contributed by atoms with van der Waals surface area (Å²) in [5.41, 5.74) is 2.59. The molecule has 3 aromatic rings. The Labute approximate surface area is 232 Å². The van der Waals surface area contributed by atoms with Gasteiger partial charge in [-0.1, -0.05) is 48.2 Å². The Hall–Kier alpha value is -4.08. The number of anilines is 2. The summed E-state index contributed by atoms with van der Waals surface area (Å²) < 4.78 is 10.3. The van der Waals surface area contributed by atoms with Crippen molar-refractivity contribution in [3.05, 3.63) is 95.0 Å². The molecule has 0 unspecified atom stereocenters. The van der Waals surface area contributed by atoms with Gasteiger partial charge in [-0.15, -0.1) is 0 Å². The van der Waals surface area contributed by atoms with Crippen molar-refractivity contribution in [3.63, 3.8) is 0 Å². The lowest BCUT2D eigenvalue weighted by Crippen LogP contribution is -2.33. The van der Waals surface area contributed by atoms with Crippen molar-refractivity contribution in [2.24, 2.45) is 0 Å². The number of nitrogens with zero attached hydrogens (tertiary/aromatic N) is 1. The van der Waals surface area contributed by atoms with Crippen molar-refractivity contribution in [2.45, 2.75) is 24.2 Å². The van der Waals surface area contributed by atoms with Crippen LogP contribution < -0.4 is 15.4 Å². The average Bonchev–Trinajstić information content (AvgIpc) is 3.17. The summed E-state index contributed by atoms with van der Waals surface area (Å²) in [5.74, 6) is -0.172. The molecular weight excluding hydrogens is 514 g/mol.